The molecule has 0 aliphatic rings. The van der Waals surface area contributed by atoms with Gasteiger partial charge in [-0.15, -0.1) is 0 Å². The van der Waals surface area contributed by atoms with Gasteiger partial charge in [-0.05, 0) is 17.7 Å². The number of hydrogen-bond acceptors (Lipinski definition) is 3. The Hall–Kier alpha value is -3.21. The van der Waals surface area contributed by atoms with Gasteiger partial charge >= 0.3 is 0 Å². The SMILES string of the molecule is O=c1[nH]cnc2oc(-c3ccccc3)c(-c3ccc(F)cc3)c12. The molecule has 1 N–H and O–H groups in total. The molecule has 0 saturated heterocycles. The van der Waals surface area contributed by atoms with Crippen molar-refractivity contribution in [1.29, 1.82) is 0 Å². The number of nitrogens with zero attached hydrogens (tertiary/aromatic N) is 1. The highest BCUT2D eigenvalue weighted by atomic mass is 19.1. The average molecular weight is 306 g/mol. The minimum absolute atomic E-state index is 0.256. The Kier molecular flexibility index (Phi) is 3.05. The predicted octanol–water partition coefficient (Wildman–Crippen LogP) is 3.99. The van der Waals surface area contributed by atoms with E-state index in [2.05, 4.69) is 9.97 Å². The third kappa shape index (κ3) is 2.23. The molecular weight excluding hydrogens is 295 g/mol. The number of rotatable bonds is 2. The average Bonchev–Trinajstić information content (AvgIpc) is 2.97. The molecule has 4 rings (SSSR count). The highest BCUT2D eigenvalue weighted by Crippen LogP contribution is 2.38. The van der Waals surface area contributed by atoms with Crippen LogP contribution in [0.25, 0.3) is 33.6 Å². The second-order valence-electron chi connectivity index (χ2n) is 5.09. The molecule has 0 aliphatic heterocycles. The molecule has 0 aliphatic carbocycles. The summed E-state index contributed by atoms with van der Waals surface area (Å²) in [5.74, 6) is 0.200. The van der Waals surface area contributed by atoms with Crippen molar-refractivity contribution in [3.8, 4) is 22.5 Å². The number of fused-ring (bicyclic) bond motifs is 1. The Labute approximate surface area is 130 Å². The Morgan fingerprint density at radius 1 is 0.957 bits per heavy atom. The molecular formula is C18H11FN2O2. The first-order valence-corrected chi connectivity index (χ1v) is 7.05. The lowest BCUT2D eigenvalue weighted by molar-refractivity contribution is 0.617. The number of aromatic nitrogens is 2. The Morgan fingerprint density at radius 3 is 2.43 bits per heavy atom. The van der Waals surface area contributed by atoms with E-state index in [9.17, 15) is 9.18 Å². The van der Waals surface area contributed by atoms with Gasteiger partial charge in [0.2, 0.25) is 5.71 Å². The smallest absolute Gasteiger partial charge is 0.262 e. The van der Waals surface area contributed by atoms with Crippen LogP contribution in [-0.2, 0) is 0 Å². The van der Waals surface area contributed by atoms with Crippen LogP contribution in [0.2, 0.25) is 0 Å². The molecule has 0 radical (unpaired) electrons. The van der Waals surface area contributed by atoms with Crippen molar-refractivity contribution < 1.29 is 8.81 Å². The number of nitrogens with one attached hydrogen (secondary N) is 1. The van der Waals surface area contributed by atoms with Gasteiger partial charge < -0.3 is 9.40 Å². The zero-order valence-electron chi connectivity index (χ0n) is 11.9. The van der Waals surface area contributed by atoms with Crippen LogP contribution in [0.3, 0.4) is 0 Å². The van der Waals surface area contributed by atoms with E-state index in [0.717, 1.165) is 5.56 Å². The molecule has 0 saturated carbocycles. The maximum Gasteiger partial charge on any atom is 0.262 e. The van der Waals surface area contributed by atoms with Gasteiger partial charge in [-0.25, -0.2) is 9.37 Å². The van der Waals surface area contributed by atoms with Crippen molar-refractivity contribution in [2.45, 2.75) is 0 Å². The number of H-pyrrole nitrogens is 1. The van der Waals surface area contributed by atoms with Crippen LogP contribution in [-0.4, -0.2) is 9.97 Å². The quantitative estimate of drug-likeness (QED) is 0.609. The number of hydrogen-bond donors (Lipinski definition) is 1. The second-order valence-corrected chi connectivity index (χ2v) is 5.09. The minimum atomic E-state index is -0.338. The fourth-order valence-electron chi connectivity index (χ4n) is 2.63. The summed E-state index contributed by atoms with van der Waals surface area (Å²) in [4.78, 5) is 18.9. The van der Waals surface area contributed by atoms with Crippen molar-refractivity contribution in [2.75, 3.05) is 0 Å². The molecule has 0 atom stereocenters. The monoisotopic (exact) mass is 306 g/mol. The zero-order valence-corrected chi connectivity index (χ0v) is 11.9. The normalized spacial score (nSPS) is 11.0. The van der Waals surface area contributed by atoms with Crippen LogP contribution in [0.15, 0.2) is 70.1 Å². The summed E-state index contributed by atoms with van der Waals surface area (Å²) < 4.78 is 19.1. The lowest BCUT2D eigenvalue weighted by Gasteiger charge is -2.03. The Balaban J connectivity index is 2.11. The maximum atomic E-state index is 13.2. The van der Waals surface area contributed by atoms with Gasteiger partial charge in [0.15, 0.2) is 0 Å². The van der Waals surface area contributed by atoms with Crippen LogP contribution < -0.4 is 5.56 Å². The lowest BCUT2D eigenvalue weighted by atomic mass is 10.00. The molecule has 4 aromatic rings. The summed E-state index contributed by atoms with van der Waals surface area (Å²) in [5.41, 5.74) is 2.10. The summed E-state index contributed by atoms with van der Waals surface area (Å²) >= 11 is 0. The first kappa shape index (κ1) is 13.5. The molecule has 0 amide bonds. The van der Waals surface area contributed by atoms with Crippen LogP contribution >= 0.6 is 0 Å². The molecule has 0 bridgehead atoms. The Morgan fingerprint density at radius 2 is 1.70 bits per heavy atom. The first-order chi connectivity index (χ1) is 11.2. The van der Waals surface area contributed by atoms with Gasteiger partial charge in [-0.2, -0.15) is 0 Å². The van der Waals surface area contributed by atoms with Crippen LogP contribution in [0.1, 0.15) is 0 Å². The van der Waals surface area contributed by atoms with Gasteiger partial charge in [0.05, 0.1) is 6.33 Å². The van der Waals surface area contributed by atoms with Gasteiger partial charge in [-0.1, -0.05) is 42.5 Å². The van der Waals surface area contributed by atoms with Crippen LogP contribution in [0.4, 0.5) is 4.39 Å². The molecule has 4 nitrogen and oxygen atoms in total. The number of aromatic amines is 1. The number of benzene rings is 2. The summed E-state index contributed by atoms with van der Waals surface area (Å²) in [6, 6.07) is 15.4. The van der Waals surface area contributed by atoms with E-state index in [1.54, 1.807) is 12.1 Å². The molecule has 2 aromatic carbocycles. The largest absolute Gasteiger partial charge is 0.437 e. The highest BCUT2D eigenvalue weighted by molar-refractivity contribution is 5.99. The van der Waals surface area contributed by atoms with Gasteiger partial charge in [0, 0.05) is 11.1 Å². The summed E-state index contributed by atoms with van der Waals surface area (Å²) in [6.07, 6.45) is 1.30. The van der Waals surface area contributed by atoms with E-state index in [-0.39, 0.29) is 17.1 Å². The van der Waals surface area contributed by atoms with E-state index >= 15 is 0 Å². The fraction of sp³-hybridized carbons (Fsp3) is 0. The fourth-order valence-corrected chi connectivity index (χ4v) is 2.63. The van der Waals surface area contributed by atoms with E-state index in [1.807, 2.05) is 30.3 Å². The summed E-state index contributed by atoms with van der Waals surface area (Å²) in [6.45, 7) is 0. The van der Waals surface area contributed by atoms with Crippen LogP contribution in [0, 0.1) is 5.82 Å². The van der Waals surface area contributed by atoms with Gasteiger partial charge in [0.1, 0.15) is 17.0 Å². The zero-order chi connectivity index (χ0) is 15.8. The highest BCUT2D eigenvalue weighted by Gasteiger charge is 2.20. The predicted molar refractivity (Wildman–Crippen MR) is 85.5 cm³/mol. The third-order valence-electron chi connectivity index (χ3n) is 3.66. The standard InChI is InChI=1S/C18H11FN2O2/c19-13-8-6-11(7-9-13)14-15-17(22)20-10-21-18(15)23-16(14)12-4-2-1-3-5-12/h1-10H,(H,20,21,22). The molecule has 112 valence electrons. The van der Waals surface area contributed by atoms with Crippen molar-refractivity contribution in [3.05, 3.63) is 77.1 Å². The van der Waals surface area contributed by atoms with Gasteiger partial charge in [0.25, 0.3) is 5.56 Å². The lowest BCUT2D eigenvalue weighted by Crippen LogP contribution is -2.05. The molecule has 0 unspecified atom stereocenters. The Bertz CT molecular complexity index is 1030. The van der Waals surface area contributed by atoms with Crippen molar-refractivity contribution in [3.63, 3.8) is 0 Å². The molecule has 0 fully saturated rings. The third-order valence-corrected chi connectivity index (χ3v) is 3.66. The van der Waals surface area contributed by atoms with Gasteiger partial charge in [-0.3, -0.25) is 4.79 Å². The van der Waals surface area contributed by atoms with Crippen molar-refractivity contribution >= 4 is 11.1 Å². The number of furan rings is 1. The number of halogens is 1. The van der Waals surface area contributed by atoms with E-state index in [0.29, 0.717) is 22.3 Å². The van der Waals surface area contributed by atoms with Crippen LogP contribution in [0.5, 0.6) is 0 Å². The summed E-state index contributed by atoms with van der Waals surface area (Å²) in [7, 11) is 0. The van der Waals surface area contributed by atoms with E-state index in [4.69, 9.17) is 4.42 Å². The summed E-state index contributed by atoms with van der Waals surface area (Å²) in [5, 5.41) is 0.359. The van der Waals surface area contributed by atoms with Crippen molar-refractivity contribution in [1.82, 2.24) is 9.97 Å². The second kappa shape index (κ2) is 5.21. The van der Waals surface area contributed by atoms with E-state index in [1.165, 1.54) is 18.5 Å². The molecule has 5 heteroatoms. The van der Waals surface area contributed by atoms with E-state index < -0.39 is 0 Å². The minimum Gasteiger partial charge on any atom is -0.437 e. The molecule has 23 heavy (non-hydrogen) atoms. The molecule has 2 heterocycles. The molecule has 2 aromatic heterocycles. The van der Waals surface area contributed by atoms with Crippen molar-refractivity contribution in [2.24, 2.45) is 0 Å². The maximum absolute atomic E-state index is 13.2. The first-order valence-electron chi connectivity index (χ1n) is 7.05. The topological polar surface area (TPSA) is 58.9 Å². The molecule has 0 spiro atoms.